The van der Waals surface area contributed by atoms with Gasteiger partial charge in [0, 0.05) is 29.3 Å². The van der Waals surface area contributed by atoms with Crippen molar-refractivity contribution in [3.05, 3.63) is 41.2 Å². The molecule has 2 saturated heterocycles. The first-order chi connectivity index (χ1) is 11.6. The average molecular weight is 324 g/mol. The number of carbonyl (C=O) groups is 2. The standard InChI is InChI=1S/C19H20N2O3/c1-10-12(8-22)11-6-17-19(7-16(20-17)13(11)9-24-10)14-4-2-3-5-15(14)21-18(19)23/h2-5,8,11,13,16-17,20H,6-7,9H2,1H3,(H,21,23)/t11-,13+,16-,17-,19-/m0/s1. The molecule has 2 N–H and O–H groups in total. The van der Waals surface area contributed by atoms with Crippen LogP contribution in [0, 0.1) is 11.8 Å². The molecule has 4 heterocycles. The van der Waals surface area contributed by atoms with Crippen molar-refractivity contribution in [2.45, 2.75) is 37.3 Å². The van der Waals surface area contributed by atoms with Gasteiger partial charge >= 0.3 is 0 Å². The predicted molar refractivity (Wildman–Crippen MR) is 88.4 cm³/mol. The number of rotatable bonds is 1. The van der Waals surface area contributed by atoms with Crippen LogP contribution >= 0.6 is 0 Å². The maximum Gasteiger partial charge on any atom is 0.236 e. The smallest absolute Gasteiger partial charge is 0.236 e. The molecule has 24 heavy (non-hydrogen) atoms. The number of hydrogen-bond donors (Lipinski definition) is 2. The van der Waals surface area contributed by atoms with Crippen molar-refractivity contribution in [1.29, 1.82) is 0 Å². The molecule has 1 aromatic carbocycles. The van der Waals surface area contributed by atoms with Crippen LogP contribution < -0.4 is 10.6 Å². The van der Waals surface area contributed by atoms with Crippen LogP contribution in [-0.2, 0) is 19.7 Å². The summed E-state index contributed by atoms with van der Waals surface area (Å²) < 4.78 is 5.76. The third-order valence-electron chi connectivity index (χ3n) is 6.56. The van der Waals surface area contributed by atoms with Gasteiger partial charge in [0.2, 0.25) is 5.91 Å². The number of para-hydroxylation sites is 1. The summed E-state index contributed by atoms with van der Waals surface area (Å²) in [6, 6.07) is 8.26. The second-order valence-corrected chi connectivity index (χ2v) is 7.45. The van der Waals surface area contributed by atoms with Crippen LogP contribution in [0.1, 0.15) is 25.3 Å². The van der Waals surface area contributed by atoms with Gasteiger partial charge in [-0.2, -0.15) is 0 Å². The maximum absolute atomic E-state index is 13.0. The molecule has 0 saturated carbocycles. The summed E-state index contributed by atoms with van der Waals surface area (Å²) in [6.07, 6.45) is 2.53. The number of hydrogen-bond acceptors (Lipinski definition) is 4. The summed E-state index contributed by atoms with van der Waals surface area (Å²) in [5, 5.41) is 6.74. The number of aldehydes is 1. The first-order valence-corrected chi connectivity index (χ1v) is 8.61. The molecule has 0 aliphatic carbocycles. The van der Waals surface area contributed by atoms with E-state index < -0.39 is 5.41 Å². The van der Waals surface area contributed by atoms with Crippen molar-refractivity contribution >= 4 is 17.9 Å². The highest BCUT2D eigenvalue weighted by molar-refractivity contribution is 6.07. The van der Waals surface area contributed by atoms with E-state index in [9.17, 15) is 9.59 Å². The van der Waals surface area contributed by atoms with Gasteiger partial charge in [-0.05, 0) is 37.3 Å². The minimum absolute atomic E-state index is 0.0632. The molecular formula is C19H20N2O3. The molecular weight excluding hydrogens is 304 g/mol. The van der Waals surface area contributed by atoms with E-state index in [4.69, 9.17) is 4.74 Å². The lowest BCUT2D eigenvalue weighted by atomic mass is 9.72. The van der Waals surface area contributed by atoms with Gasteiger partial charge in [0.1, 0.15) is 6.29 Å². The molecule has 1 spiro atoms. The molecule has 5 atom stereocenters. The summed E-state index contributed by atoms with van der Waals surface area (Å²) in [5.41, 5.74) is 2.30. The molecule has 2 fully saturated rings. The Bertz CT molecular complexity index is 787. The van der Waals surface area contributed by atoms with E-state index >= 15 is 0 Å². The van der Waals surface area contributed by atoms with E-state index in [-0.39, 0.29) is 29.8 Å². The Labute approximate surface area is 140 Å². The van der Waals surface area contributed by atoms with Crippen molar-refractivity contribution in [3.63, 3.8) is 0 Å². The lowest BCUT2D eigenvalue weighted by Gasteiger charge is -2.41. The number of carbonyl (C=O) groups excluding carboxylic acids is 2. The molecule has 2 bridgehead atoms. The first-order valence-electron chi connectivity index (χ1n) is 8.61. The molecule has 124 valence electrons. The lowest BCUT2D eigenvalue weighted by Crippen LogP contribution is -2.53. The highest BCUT2D eigenvalue weighted by Gasteiger charge is 2.62. The van der Waals surface area contributed by atoms with Crippen molar-refractivity contribution < 1.29 is 14.3 Å². The number of ether oxygens (including phenoxy) is 1. The first kappa shape index (κ1) is 14.2. The zero-order chi connectivity index (χ0) is 16.5. The van der Waals surface area contributed by atoms with Crippen LogP contribution in [0.3, 0.4) is 0 Å². The van der Waals surface area contributed by atoms with Crippen LogP contribution in [-0.4, -0.2) is 30.9 Å². The second kappa shape index (κ2) is 4.70. The number of benzene rings is 1. The largest absolute Gasteiger partial charge is 0.497 e. The number of allylic oxidation sites excluding steroid dienone is 2. The summed E-state index contributed by atoms with van der Waals surface area (Å²) >= 11 is 0. The van der Waals surface area contributed by atoms with Crippen LogP contribution in [0.15, 0.2) is 35.6 Å². The Morgan fingerprint density at radius 3 is 3.00 bits per heavy atom. The minimum atomic E-state index is -0.513. The molecule has 5 heteroatoms. The Kier molecular flexibility index (Phi) is 2.78. The number of amides is 1. The van der Waals surface area contributed by atoms with Crippen LogP contribution in [0.2, 0.25) is 0 Å². The number of fused-ring (bicyclic) bond motifs is 7. The van der Waals surface area contributed by atoms with E-state index in [2.05, 4.69) is 16.7 Å². The van der Waals surface area contributed by atoms with Crippen molar-refractivity contribution in [2.75, 3.05) is 11.9 Å². The van der Waals surface area contributed by atoms with Gasteiger partial charge in [0.05, 0.1) is 17.8 Å². The third kappa shape index (κ3) is 1.58. The van der Waals surface area contributed by atoms with E-state index in [1.165, 1.54) is 0 Å². The molecule has 0 unspecified atom stereocenters. The summed E-state index contributed by atoms with van der Waals surface area (Å²) in [5.74, 6) is 1.28. The van der Waals surface area contributed by atoms with Gasteiger partial charge < -0.3 is 15.4 Å². The molecule has 0 radical (unpaired) electrons. The van der Waals surface area contributed by atoms with Gasteiger partial charge in [0.15, 0.2) is 0 Å². The third-order valence-corrected chi connectivity index (χ3v) is 6.56. The quantitative estimate of drug-likeness (QED) is 0.772. The number of piperidine rings is 1. The predicted octanol–water partition coefficient (Wildman–Crippen LogP) is 1.75. The molecule has 5 nitrogen and oxygen atoms in total. The number of anilines is 1. The molecule has 0 aromatic heterocycles. The van der Waals surface area contributed by atoms with Crippen LogP contribution in [0.5, 0.6) is 0 Å². The zero-order valence-corrected chi connectivity index (χ0v) is 13.5. The van der Waals surface area contributed by atoms with E-state index in [1.807, 2.05) is 25.1 Å². The fourth-order valence-electron chi connectivity index (χ4n) is 5.41. The van der Waals surface area contributed by atoms with Gasteiger partial charge in [-0.15, -0.1) is 0 Å². The van der Waals surface area contributed by atoms with Gasteiger partial charge in [0.25, 0.3) is 0 Å². The lowest BCUT2D eigenvalue weighted by molar-refractivity contribution is -0.121. The summed E-state index contributed by atoms with van der Waals surface area (Å²) in [4.78, 5) is 24.6. The fraction of sp³-hybridized carbons (Fsp3) is 0.474. The van der Waals surface area contributed by atoms with E-state index in [1.54, 1.807) is 0 Å². The van der Waals surface area contributed by atoms with Crippen LogP contribution in [0.4, 0.5) is 5.69 Å². The Morgan fingerprint density at radius 1 is 1.33 bits per heavy atom. The minimum Gasteiger partial charge on any atom is -0.497 e. The van der Waals surface area contributed by atoms with E-state index in [0.29, 0.717) is 6.61 Å². The monoisotopic (exact) mass is 324 g/mol. The Morgan fingerprint density at radius 2 is 2.17 bits per heavy atom. The summed E-state index contributed by atoms with van der Waals surface area (Å²) in [7, 11) is 0. The second-order valence-electron chi connectivity index (χ2n) is 7.45. The van der Waals surface area contributed by atoms with Gasteiger partial charge in [-0.25, -0.2) is 0 Å². The Balaban J connectivity index is 1.61. The van der Waals surface area contributed by atoms with Crippen LogP contribution in [0.25, 0.3) is 0 Å². The van der Waals surface area contributed by atoms with Crippen molar-refractivity contribution in [2.24, 2.45) is 11.8 Å². The molecule has 5 rings (SSSR count). The highest BCUT2D eigenvalue weighted by atomic mass is 16.5. The SMILES string of the molecule is CC1=C(C=O)[C@@H]2C[C@@H]3N[C@@H](C[C@@]34C(=O)Nc3ccccc34)[C@@H]2CO1. The molecule has 1 amide bonds. The highest BCUT2D eigenvalue weighted by Crippen LogP contribution is 2.54. The molecule has 1 aromatic rings. The maximum atomic E-state index is 13.0. The molecule has 4 aliphatic rings. The van der Waals surface area contributed by atoms with E-state index in [0.717, 1.165) is 41.7 Å². The zero-order valence-electron chi connectivity index (χ0n) is 13.5. The topological polar surface area (TPSA) is 67.4 Å². The molecule has 4 aliphatic heterocycles. The normalized spacial score (nSPS) is 39.3. The van der Waals surface area contributed by atoms with Crippen molar-refractivity contribution in [1.82, 2.24) is 5.32 Å². The summed E-state index contributed by atoms with van der Waals surface area (Å²) in [6.45, 7) is 2.49. The average Bonchev–Trinajstić information content (AvgIpc) is 3.04. The Hall–Kier alpha value is -2.14. The fourth-order valence-corrected chi connectivity index (χ4v) is 5.41. The van der Waals surface area contributed by atoms with Crippen molar-refractivity contribution in [3.8, 4) is 0 Å². The number of nitrogens with one attached hydrogen (secondary N) is 2. The van der Waals surface area contributed by atoms with Gasteiger partial charge in [-0.1, -0.05) is 18.2 Å². The van der Waals surface area contributed by atoms with Gasteiger partial charge in [-0.3, -0.25) is 9.59 Å².